The third-order valence-corrected chi connectivity index (χ3v) is 4.17. The van der Waals surface area contributed by atoms with Crippen molar-refractivity contribution in [3.63, 3.8) is 0 Å². The van der Waals surface area contributed by atoms with Gasteiger partial charge in [-0.1, -0.05) is 0 Å². The van der Waals surface area contributed by atoms with Crippen LogP contribution >= 0.6 is 0 Å². The molecule has 2 aromatic rings. The SMILES string of the molecule is COC(=O)c1ccc(OCC2CC(=O)N(c3ccc(N)cc3)C2)cc1. The molecule has 1 aliphatic heterocycles. The normalized spacial score (nSPS) is 16.8. The Morgan fingerprint density at radius 2 is 1.84 bits per heavy atom. The van der Waals surface area contributed by atoms with Crippen molar-refractivity contribution >= 4 is 23.3 Å². The first-order chi connectivity index (χ1) is 12.1. The van der Waals surface area contributed by atoms with E-state index < -0.39 is 0 Å². The van der Waals surface area contributed by atoms with Crippen LogP contribution in [0.4, 0.5) is 11.4 Å². The van der Waals surface area contributed by atoms with Crippen molar-refractivity contribution in [3.8, 4) is 5.75 Å². The van der Waals surface area contributed by atoms with Gasteiger partial charge in [0.25, 0.3) is 0 Å². The first-order valence-electron chi connectivity index (χ1n) is 8.04. The van der Waals surface area contributed by atoms with Crippen molar-refractivity contribution in [1.82, 2.24) is 0 Å². The second kappa shape index (κ2) is 7.25. The summed E-state index contributed by atoms with van der Waals surface area (Å²) in [7, 11) is 1.34. The molecule has 1 heterocycles. The van der Waals surface area contributed by atoms with Gasteiger partial charge in [0.05, 0.1) is 19.3 Å². The highest BCUT2D eigenvalue weighted by molar-refractivity contribution is 5.95. The Morgan fingerprint density at radius 3 is 2.48 bits per heavy atom. The highest BCUT2D eigenvalue weighted by Crippen LogP contribution is 2.26. The minimum atomic E-state index is -0.382. The lowest BCUT2D eigenvalue weighted by molar-refractivity contribution is -0.117. The molecule has 3 rings (SSSR count). The van der Waals surface area contributed by atoms with Gasteiger partial charge in [-0.2, -0.15) is 0 Å². The van der Waals surface area contributed by atoms with Crippen LogP contribution in [0, 0.1) is 5.92 Å². The van der Waals surface area contributed by atoms with Gasteiger partial charge in [-0.25, -0.2) is 4.79 Å². The quantitative estimate of drug-likeness (QED) is 0.668. The van der Waals surface area contributed by atoms with Gasteiger partial charge in [0.2, 0.25) is 5.91 Å². The standard InChI is InChI=1S/C19H20N2O4/c1-24-19(23)14-2-8-17(9-3-14)25-12-13-10-18(22)21(11-13)16-6-4-15(20)5-7-16/h2-9,13H,10-12,20H2,1H3. The number of nitrogens with zero attached hydrogens (tertiary/aromatic N) is 1. The van der Waals surface area contributed by atoms with Gasteiger partial charge in [-0.3, -0.25) is 4.79 Å². The van der Waals surface area contributed by atoms with E-state index in [1.807, 2.05) is 12.1 Å². The van der Waals surface area contributed by atoms with Gasteiger partial charge in [-0.15, -0.1) is 0 Å². The van der Waals surface area contributed by atoms with E-state index >= 15 is 0 Å². The van der Waals surface area contributed by atoms with E-state index in [4.69, 9.17) is 10.5 Å². The molecule has 0 spiro atoms. The number of hydrogen-bond acceptors (Lipinski definition) is 5. The van der Waals surface area contributed by atoms with Crippen molar-refractivity contribution in [2.45, 2.75) is 6.42 Å². The lowest BCUT2D eigenvalue weighted by Crippen LogP contribution is -2.25. The van der Waals surface area contributed by atoms with E-state index in [2.05, 4.69) is 4.74 Å². The number of benzene rings is 2. The van der Waals surface area contributed by atoms with Crippen LogP contribution in [-0.2, 0) is 9.53 Å². The molecule has 0 aromatic heterocycles. The van der Waals surface area contributed by atoms with E-state index in [1.54, 1.807) is 41.3 Å². The molecule has 6 nitrogen and oxygen atoms in total. The monoisotopic (exact) mass is 340 g/mol. The Labute approximate surface area is 146 Å². The van der Waals surface area contributed by atoms with Crippen molar-refractivity contribution in [2.24, 2.45) is 5.92 Å². The lowest BCUT2D eigenvalue weighted by atomic mass is 10.1. The highest BCUT2D eigenvalue weighted by Gasteiger charge is 2.31. The third-order valence-electron chi connectivity index (χ3n) is 4.17. The van der Waals surface area contributed by atoms with Crippen molar-refractivity contribution in [3.05, 3.63) is 54.1 Å². The second-order valence-corrected chi connectivity index (χ2v) is 5.99. The molecule has 1 atom stereocenters. The maximum absolute atomic E-state index is 12.2. The van der Waals surface area contributed by atoms with E-state index in [9.17, 15) is 9.59 Å². The summed E-state index contributed by atoms with van der Waals surface area (Å²) in [5.41, 5.74) is 7.68. The Balaban J connectivity index is 1.56. The van der Waals surface area contributed by atoms with Crippen LogP contribution in [0.25, 0.3) is 0 Å². The van der Waals surface area contributed by atoms with Crippen LogP contribution in [-0.4, -0.2) is 32.1 Å². The van der Waals surface area contributed by atoms with E-state index in [-0.39, 0.29) is 17.8 Å². The summed E-state index contributed by atoms with van der Waals surface area (Å²) < 4.78 is 10.4. The maximum atomic E-state index is 12.2. The zero-order valence-corrected chi connectivity index (χ0v) is 14.0. The largest absolute Gasteiger partial charge is 0.493 e. The Kier molecular flexibility index (Phi) is 4.88. The van der Waals surface area contributed by atoms with Gasteiger partial charge in [-0.05, 0) is 48.5 Å². The third kappa shape index (κ3) is 3.91. The summed E-state index contributed by atoms with van der Waals surface area (Å²) in [5, 5.41) is 0. The topological polar surface area (TPSA) is 81.9 Å². The highest BCUT2D eigenvalue weighted by atomic mass is 16.5. The van der Waals surface area contributed by atoms with Crippen LogP contribution in [0.15, 0.2) is 48.5 Å². The second-order valence-electron chi connectivity index (χ2n) is 5.99. The molecule has 1 unspecified atom stereocenters. The summed E-state index contributed by atoms with van der Waals surface area (Å²) in [6.07, 6.45) is 0.449. The predicted molar refractivity (Wildman–Crippen MR) is 94.6 cm³/mol. The molecule has 0 saturated carbocycles. The van der Waals surface area contributed by atoms with Crippen LogP contribution in [0.1, 0.15) is 16.8 Å². The van der Waals surface area contributed by atoms with Gasteiger partial charge >= 0.3 is 5.97 Å². The maximum Gasteiger partial charge on any atom is 0.337 e. The van der Waals surface area contributed by atoms with Crippen LogP contribution in [0.2, 0.25) is 0 Å². The number of carbonyl (C=O) groups is 2. The zero-order valence-electron chi connectivity index (χ0n) is 14.0. The Hall–Kier alpha value is -3.02. The van der Waals surface area contributed by atoms with Gasteiger partial charge in [0.1, 0.15) is 5.75 Å². The van der Waals surface area contributed by atoms with Crippen LogP contribution < -0.4 is 15.4 Å². The molecule has 0 bridgehead atoms. The number of carbonyl (C=O) groups excluding carboxylic acids is 2. The summed E-state index contributed by atoms with van der Waals surface area (Å²) in [6, 6.07) is 14.0. The van der Waals surface area contributed by atoms with Gasteiger partial charge < -0.3 is 20.1 Å². The van der Waals surface area contributed by atoms with Gasteiger partial charge in [0.15, 0.2) is 0 Å². The fourth-order valence-electron chi connectivity index (χ4n) is 2.82. The number of methoxy groups -OCH3 is 1. The fourth-order valence-corrected chi connectivity index (χ4v) is 2.82. The minimum absolute atomic E-state index is 0.0828. The predicted octanol–water partition coefficient (Wildman–Crippen LogP) is 2.49. The first kappa shape index (κ1) is 16.8. The summed E-state index contributed by atoms with van der Waals surface area (Å²) in [4.78, 5) is 25.4. The summed E-state index contributed by atoms with van der Waals surface area (Å²) in [5.74, 6) is 0.475. The molecule has 1 saturated heterocycles. The molecule has 6 heteroatoms. The lowest BCUT2D eigenvalue weighted by Gasteiger charge is -2.17. The molecule has 1 amide bonds. The number of ether oxygens (including phenoxy) is 2. The average Bonchev–Trinajstić information content (AvgIpc) is 3.01. The minimum Gasteiger partial charge on any atom is -0.493 e. The van der Waals surface area contributed by atoms with Crippen molar-refractivity contribution in [1.29, 1.82) is 0 Å². The van der Waals surface area contributed by atoms with E-state index in [0.29, 0.717) is 36.6 Å². The summed E-state index contributed by atoms with van der Waals surface area (Å²) >= 11 is 0. The van der Waals surface area contributed by atoms with Crippen molar-refractivity contribution in [2.75, 3.05) is 30.9 Å². The average molecular weight is 340 g/mol. The number of rotatable bonds is 5. The van der Waals surface area contributed by atoms with Gasteiger partial charge in [0, 0.05) is 30.3 Å². The molecule has 0 aliphatic carbocycles. The molecule has 2 N–H and O–H groups in total. The molecule has 0 radical (unpaired) electrons. The smallest absolute Gasteiger partial charge is 0.337 e. The zero-order chi connectivity index (χ0) is 17.8. The van der Waals surface area contributed by atoms with Crippen LogP contribution in [0.3, 0.4) is 0 Å². The molecular formula is C19H20N2O4. The van der Waals surface area contributed by atoms with E-state index in [1.165, 1.54) is 7.11 Å². The Bertz CT molecular complexity index is 756. The molecule has 25 heavy (non-hydrogen) atoms. The van der Waals surface area contributed by atoms with Crippen LogP contribution in [0.5, 0.6) is 5.75 Å². The summed E-state index contributed by atoms with van der Waals surface area (Å²) in [6.45, 7) is 1.05. The number of esters is 1. The molecule has 2 aromatic carbocycles. The number of nitrogens with two attached hydrogens (primary N) is 1. The Morgan fingerprint density at radius 1 is 1.16 bits per heavy atom. The molecule has 1 aliphatic rings. The number of hydrogen-bond donors (Lipinski definition) is 1. The number of amides is 1. The van der Waals surface area contributed by atoms with Crippen molar-refractivity contribution < 1.29 is 19.1 Å². The van der Waals surface area contributed by atoms with E-state index in [0.717, 1.165) is 5.69 Å². The first-order valence-corrected chi connectivity index (χ1v) is 8.04. The number of nitrogen functional groups attached to an aromatic ring is 1. The number of anilines is 2. The molecular weight excluding hydrogens is 320 g/mol. The molecule has 1 fully saturated rings. The molecule has 130 valence electrons. The fraction of sp³-hybridized carbons (Fsp3) is 0.263.